The second kappa shape index (κ2) is 6.38. The van der Waals surface area contributed by atoms with E-state index in [0.29, 0.717) is 5.95 Å². The van der Waals surface area contributed by atoms with Crippen LogP contribution in [0.3, 0.4) is 0 Å². The van der Waals surface area contributed by atoms with Crippen molar-refractivity contribution in [2.24, 2.45) is 0 Å². The van der Waals surface area contributed by atoms with Gasteiger partial charge in [0.2, 0.25) is 5.95 Å². The minimum Gasteiger partial charge on any atom is -0.323 e. The summed E-state index contributed by atoms with van der Waals surface area (Å²) in [6.07, 6.45) is 1.49. The maximum atomic E-state index is 4.62. The Morgan fingerprint density at radius 1 is 0.815 bits per heavy atom. The number of anilines is 2. The van der Waals surface area contributed by atoms with Crippen molar-refractivity contribution >= 4 is 17.3 Å². The molecule has 2 aromatic carbocycles. The fourth-order valence-corrected chi connectivity index (χ4v) is 2.97. The van der Waals surface area contributed by atoms with Crippen LogP contribution in [0.15, 0.2) is 79.1 Å². The van der Waals surface area contributed by atoms with Crippen molar-refractivity contribution in [3.63, 3.8) is 0 Å². The Bertz CT molecular complexity index is 1180. The molecule has 130 valence electrons. The number of aromatic nitrogens is 6. The zero-order chi connectivity index (χ0) is 18.1. The largest absolute Gasteiger partial charge is 0.323 e. The highest BCUT2D eigenvalue weighted by molar-refractivity contribution is 5.66. The van der Waals surface area contributed by atoms with E-state index < -0.39 is 0 Å². The lowest BCUT2D eigenvalue weighted by Crippen LogP contribution is -1.95. The fraction of sp³-hybridized carbons (Fsp3) is 0. The monoisotopic (exact) mass is 353 g/mol. The molecular formula is C20H15N7. The SMILES string of the molecule is c1ccc(-c2cccc3nc(Nc4ccc(-c5ncn[nH]5)cc4)nn23)cc1. The molecule has 0 aliphatic heterocycles. The summed E-state index contributed by atoms with van der Waals surface area (Å²) < 4.78 is 1.85. The van der Waals surface area contributed by atoms with Crippen molar-refractivity contribution in [2.45, 2.75) is 0 Å². The standard InChI is InChI=1S/C20H15N7/c1-2-5-14(6-3-1)17-7-4-8-18-24-20(26-27(17)18)23-16-11-9-15(10-12-16)19-21-13-22-25-19/h1-13H,(H,23,26)(H,21,22,25). The van der Waals surface area contributed by atoms with E-state index in [4.69, 9.17) is 0 Å². The Labute approximate surface area is 154 Å². The Balaban J connectivity index is 1.46. The van der Waals surface area contributed by atoms with Crippen LogP contribution < -0.4 is 5.32 Å². The van der Waals surface area contributed by atoms with Crippen molar-refractivity contribution in [3.8, 4) is 22.6 Å². The van der Waals surface area contributed by atoms with Crippen LogP contribution >= 0.6 is 0 Å². The van der Waals surface area contributed by atoms with Crippen molar-refractivity contribution in [1.29, 1.82) is 0 Å². The summed E-state index contributed by atoms with van der Waals surface area (Å²) in [6.45, 7) is 0. The van der Waals surface area contributed by atoms with Gasteiger partial charge in [0.1, 0.15) is 6.33 Å². The fourth-order valence-electron chi connectivity index (χ4n) is 2.97. The summed E-state index contributed by atoms with van der Waals surface area (Å²) >= 11 is 0. The molecule has 0 bridgehead atoms. The molecule has 0 amide bonds. The minimum absolute atomic E-state index is 0.547. The zero-order valence-electron chi connectivity index (χ0n) is 14.2. The lowest BCUT2D eigenvalue weighted by molar-refractivity contribution is 0.973. The van der Waals surface area contributed by atoms with Crippen LogP contribution in [0.5, 0.6) is 0 Å². The Morgan fingerprint density at radius 3 is 2.44 bits per heavy atom. The van der Waals surface area contributed by atoms with Crippen LogP contribution in [0, 0.1) is 0 Å². The first-order chi connectivity index (χ1) is 13.4. The van der Waals surface area contributed by atoms with Gasteiger partial charge in [-0.15, -0.1) is 5.10 Å². The number of nitrogens with zero attached hydrogens (tertiary/aromatic N) is 5. The Morgan fingerprint density at radius 2 is 1.67 bits per heavy atom. The normalized spacial score (nSPS) is 11.0. The van der Waals surface area contributed by atoms with Gasteiger partial charge in [0.15, 0.2) is 11.5 Å². The molecule has 0 spiro atoms. The molecule has 3 heterocycles. The Hall–Kier alpha value is -4.00. The number of hydrogen-bond acceptors (Lipinski definition) is 5. The quantitative estimate of drug-likeness (QED) is 0.511. The second-order valence-corrected chi connectivity index (χ2v) is 6.02. The molecule has 7 heteroatoms. The van der Waals surface area contributed by atoms with E-state index in [9.17, 15) is 0 Å². The van der Waals surface area contributed by atoms with Gasteiger partial charge in [-0.1, -0.05) is 36.4 Å². The van der Waals surface area contributed by atoms with Gasteiger partial charge in [-0.3, -0.25) is 5.10 Å². The molecule has 0 unspecified atom stereocenters. The Kier molecular flexibility index (Phi) is 3.61. The molecule has 0 radical (unpaired) electrons. The van der Waals surface area contributed by atoms with Gasteiger partial charge in [-0.05, 0) is 36.4 Å². The highest BCUT2D eigenvalue weighted by Crippen LogP contribution is 2.23. The number of benzene rings is 2. The maximum Gasteiger partial charge on any atom is 0.247 e. The average molecular weight is 353 g/mol. The van der Waals surface area contributed by atoms with Crippen LogP contribution in [-0.4, -0.2) is 29.8 Å². The van der Waals surface area contributed by atoms with Crippen molar-refractivity contribution in [3.05, 3.63) is 79.1 Å². The van der Waals surface area contributed by atoms with Gasteiger partial charge in [0.05, 0.1) is 5.69 Å². The molecule has 0 aliphatic rings. The van der Waals surface area contributed by atoms with Gasteiger partial charge in [-0.25, -0.2) is 9.50 Å². The van der Waals surface area contributed by atoms with Gasteiger partial charge in [0.25, 0.3) is 0 Å². The molecule has 7 nitrogen and oxygen atoms in total. The molecule has 27 heavy (non-hydrogen) atoms. The summed E-state index contributed by atoms with van der Waals surface area (Å²) in [7, 11) is 0. The molecule has 0 atom stereocenters. The summed E-state index contributed by atoms with van der Waals surface area (Å²) in [6, 6.07) is 24.0. The van der Waals surface area contributed by atoms with Crippen LogP contribution in [0.25, 0.3) is 28.3 Å². The lowest BCUT2D eigenvalue weighted by Gasteiger charge is -2.04. The molecule has 0 saturated heterocycles. The molecule has 2 N–H and O–H groups in total. The number of H-pyrrole nitrogens is 1. The van der Waals surface area contributed by atoms with E-state index >= 15 is 0 Å². The third-order valence-corrected chi connectivity index (χ3v) is 4.26. The average Bonchev–Trinajstić information content (AvgIpc) is 3.38. The van der Waals surface area contributed by atoms with Crippen LogP contribution in [-0.2, 0) is 0 Å². The van der Waals surface area contributed by atoms with E-state index in [1.54, 1.807) is 0 Å². The topological polar surface area (TPSA) is 83.8 Å². The third kappa shape index (κ3) is 2.91. The molecule has 5 rings (SSSR count). The summed E-state index contributed by atoms with van der Waals surface area (Å²) in [4.78, 5) is 8.73. The third-order valence-electron chi connectivity index (χ3n) is 4.26. The first-order valence-corrected chi connectivity index (χ1v) is 8.51. The number of fused-ring (bicyclic) bond motifs is 1. The highest BCUT2D eigenvalue weighted by Gasteiger charge is 2.09. The van der Waals surface area contributed by atoms with Gasteiger partial charge in [0, 0.05) is 16.8 Å². The van der Waals surface area contributed by atoms with E-state index in [1.165, 1.54) is 6.33 Å². The summed E-state index contributed by atoms with van der Waals surface area (Å²) in [5.41, 5.74) is 4.74. The van der Waals surface area contributed by atoms with Crippen LogP contribution in [0.4, 0.5) is 11.6 Å². The first kappa shape index (κ1) is 15.3. The molecule has 0 aliphatic carbocycles. The van der Waals surface area contributed by atoms with Crippen molar-refractivity contribution in [2.75, 3.05) is 5.32 Å². The molecule has 5 aromatic rings. The minimum atomic E-state index is 0.547. The zero-order valence-corrected chi connectivity index (χ0v) is 14.2. The maximum absolute atomic E-state index is 4.62. The first-order valence-electron chi connectivity index (χ1n) is 8.51. The molecular weight excluding hydrogens is 338 g/mol. The van der Waals surface area contributed by atoms with Gasteiger partial charge >= 0.3 is 0 Å². The van der Waals surface area contributed by atoms with Gasteiger partial charge in [-0.2, -0.15) is 10.1 Å². The van der Waals surface area contributed by atoms with E-state index in [-0.39, 0.29) is 0 Å². The van der Waals surface area contributed by atoms with E-state index in [2.05, 4.69) is 42.7 Å². The number of rotatable bonds is 4. The smallest absolute Gasteiger partial charge is 0.247 e. The number of nitrogens with one attached hydrogen (secondary N) is 2. The van der Waals surface area contributed by atoms with Crippen LogP contribution in [0.1, 0.15) is 0 Å². The lowest BCUT2D eigenvalue weighted by atomic mass is 10.1. The number of hydrogen-bond donors (Lipinski definition) is 2. The van der Waals surface area contributed by atoms with Crippen molar-refractivity contribution < 1.29 is 0 Å². The van der Waals surface area contributed by atoms with Crippen LogP contribution in [0.2, 0.25) is 0 Å². The van der Waals surface area contributed by atoms with Gasteiger partial charge < -0.3 is 5.32 Å². The predicted octanol–water partition coefficient (Wildman–Crippen LogP) is 3.93. The molecule has 3 aromatic heterocycles. The molecule has 0 fully saturated rings. The van der Waals surface area contributed by atoms with E-state index in [0.717, 1.165) is 34.0 Å². The number of pyridine rings is 1. The second-order valence-electron chi connectivity index (χ2n) is 6.02. The van der Waals surface area contributed by atoms with E-state index in [1.807, 2.05) is 65.2 Å². The molecule has 0 saturated carbocycles. The summed E-state index contributed by atoms with van der Waals surface area (Å²) in [5, 5.41) is 14.6. The predicted molar refractivity (Wildman–Crippen MR) is 104 cm³/mol. The summed E-state index contributed by atoms with van der Waals surface area (Å²) in [5.74, 6) is 1.28. The number of aromatic amines is 1. The highest BCUT2D eigenvalue weighted by atomic mass is 15.4. The van der Waals surface area contributed by atoms with Crippen molar-refractivity contribution in [1.82, 2.24) is 29.8 Å².